The maximum atomic E-state index is 11.5. The van der Waals surface area contributed by atoms with Gasteiger partial charge in [-0.3, -0.25) is 0 Å². The van der Waals surface area contributed by atoms with Crippen molar-refractivity contribution in [3.63, 3.8) is 0 Å². The van der Waals surface area contributed by atoms with Crippen molar-refractivity contribution in [1.29, 1.82) is 0 Å². The first-order valence-corrected chi connectivity index (χ1v) is 5.10. The van der Waals surface area contributed by atoms with E-state index in [9.17, 15) is 9.90 Å². The van der Waals surface area contributed by atoms with Crippen molar-refractivity contribution in [1.82, 2.24) is 0 Å². The van der Waals surface area contributed by atoms with E-state index in [-0.39, 0.29) is 18.4 Å². The number of hydrogen-bond donors (Lipinski definition) is 2. The zero-order valence-electron chi connectivity index (χ0n) is 8.92. The zero-order valence-corrected chi connectivity index (χ0v) is 8.92. The van der Waals surface area contributed by atoms with Crippen molar-refractivity contribution < 1.29 is 24.5 Å². The molecule has 16 heavy (non-hydrogen) atoms. The molecule has 0 bridgehead atoms. The van der Waals surface area contributed by atoms with Crippen LogP contribution in [0.3, 0.4) is 0 Å². The Balaban J connectivity index is 2.26. The molecule has 0 saturated carbocycles. The van der Waals surface area contributed by atoms with Crippen LogP contribution in [0.25, 0.3) is 0 Å². The Labute approximate surface area is 93.0 Å². The lowest BCUT2D eigenvalue weighted by Crippen LogP contribution is -2.35. The van der Waals surface area contributed by atoms with Gasteiger partial charge in [0.2, 0.25) is 6.29 Å². The Morgan fingerprint density at radius 3 is 3.06 bits per heavy atom. The minimum atomic E-state index is -1.00. The molecule has 0 aromatic heterocycles. The van der Waals surface area contributed by atoms with Crippen LogP contribution in [0.5, 0.6) is 0 Å². The van der Waals surface area contributed by atoms with Crippen LogP contribution in [0, 0.1) is 11.8 Å². The Bertz CT molecular complexity index is 357. The SMILES string of the molecule is COC(=O)C1=CO[C@@H](O)[C@@H]2C(CO)=CC[C@@H]12. The van der Waals surface area contributed by atoms with E-state index in [2.05, 4.69) is 4.74 Å². The number of allylic oxidation sites excluding steroid dienone is 1. The molecule has 1 aliphatic carbocycles. The van der Waals surface area contributed by atoms with Crippen LogP contribution in [0.15, 0.2) is 23.5 Å². The van der Waals surface area contributed by atoms with Crippen molar-refractivity contribution in [3.8, 4) is 0 Å². The van der Waals surface area contributed by atoms with Gasteiger partial charge in [0.25, 0.3) is 0 Å². The molecule has 0 fully saturated rings. The average molecular weight is 226 g/mol. The van der Waals surface area contributed by atoms with E-state index in [4.69, 9.17) is 9.84 Å². The molecule has 1 aliphatic heterocycles. The normalized spacial score (nSPS) is 32.3. The quantitative estimate of drug-likeness (QED) is 0.510. The van der Waals surface area contributed by atoms with E-state index in [1.165, 1.54) is 13.4 Å². The van der Waals surface area contributed by atoms with Crippen LogP contribution in [-0.4, -0.2) is 36.2 Å². The largest absolute Gasteiger partial charge is 0.472 e. The van der Waals surface area contributed by atoms with Crippen molar-refractivity contribution in [3.05, 3.63) is 23.5 Å². The van der Waals surface area contributed by atoms with Crippen LogP contribution in [0.2, 0.25) is 0 Å². The molecule has 5 heteroatoms. The second-order valence-corrected chi connectivity index (χ2v) is 3.90. The lowest BCUT2D eigenvalue weighted by Gasteiger charge is -2.31. The summed E-state index contributed by atoms with van der Waals surface area (Å²) >= 11 is 0. The number of rotatable bonds is 2. The Hall–Kier alpha value is -1.33. The predicted octanol–water partition coefficient (Wildman–Crippen LogP) is -0.0533. The van der Waals surface area contributed by atoms with Gasteiger partial charge in [0.15, 0.2) is 0 Å². The zero-order chi connectivity index (χ0) is 11.7. The smallest absolute Gasteiger partial charge is 0.337 e. The second kappa shape index (κ2) is 4.27. The number of fused-ring (bicyclic) bond motifs is 1. The number of carbonyl (C=O) groups excluding carboxylic acids is 1. The van der Waals surface area contributed by atoms with Gasteiger partial charge in [-0.2, -0.15) is 0 Å². The van der Waals surface area contributed by atoms with Crippen LogP contribution in [0.4, 0.5) is 0 Å². The van der Waals surface area contributed by atoms with Gasteiger partial charge in [0, 0.05) is 5.92 Å². The highest BCUT2D eigenvalue weighted by Crippen LogP contribution is 2.42. The maximum Gasteiger partial charge on any atom is 0.337 e. The summed E-state index contributed by atoms with van der Waals surface area (Å²) in [6.07, 6.45) is 2.71. The number of ether oxygens (including phenoxy) is 2. The monoisotopic (exact) mass is 226 g/mol. The molecule has 5 nitrogen and oxygen atoms in total. The number of carbonyl (C=O) groups is 1. The summed E-state index contributed by atoms with van der Waals surface area (Å²) in [5.74, 6) is -0.947. The number of esters is 1. The molecule has 2 aliphatic rings. The molecule has 0 radical (unpaired) electrons. The minimum absolute atomic E-state index is 0.129. The highest BCUT2D eigenvalue weighted by atomic mass is 16.6. The fraction of sp³-hybridized carbons (Fsp3) is 0.545. The second-order valence-electron chi connectivity index (χ2n) is 3.90. The van der Waals surface area contributed by atoms with Gasteiger partial charge < -0.3 is 19.7 Å². The summed E-state index contributed by atoms with van der Waals surface area (Å²) in [5, 5.41) is 18.8. The van der Waals surface area contributed by atoms with Crippen molar-refractivity contribution >= 4 is 5.97 Å². The van der Waals surface area contributed by atoms with Crippen molar-refractivity contribution in [2.45, 2.75) is 12.7 Å². The van der Waals surface area contributed by atoms with E-state index in [1.54, 1.807) is 0 Å². The summed E-state index contributed by atoms with van der Waals surface area (Å²) in [6.45, 7) is -0.129. The van der Waals surface area contributed by atoms with Gasteiger partial charge in [-0.25, -0.2) is 4.79 Å². The summed E-state index contributed by atoms with van der Waals surface area (Å²) < 4.78 is 9.65. The van der Waals surface area contributed by atoms with E-state index in [0.717, 1.165) is 0 Å². The molecule has 2 N–H and O–H groups in total. The number of aliphatic hydroxyl groups is 2. The van der Waals surface area contributed by atoms with Crippen molar-refractivity contribution in [2.75, 3.05) is 13.7 Å². The molecule has 0 aromatic rings. The standard InChI is InChI=1S/C11H14O5/c1-15-10(13)8-5-16-11(14)9-6(4-12)2-3-7(8)9/h2,5,7,9,11-12,14H,3-4H2,1H3/t7-,9+,11+/m0/s1. The molecular formula is C11H14O5. The van der Waals surface area contributed by atoms with Gasteiger partial charge in [-0.15, -0.1) is 0 Å². The molecule has 0 spiro atoms. The third kappa shape index (κ3) is 1.62. The maximum absolute atomic E-state index is 11.5. The van der Waals surface area contributed by atoms with E-state index in [0.29, 0.717) is 17.6 Å². The van der Waals surface area contributed by atoms with Crippen LogP contribution in [0.1, 0.15) is 6.42 Å². The molecular weight excluding hydrogens is 212 g/mol. The van der Waals surface area contributed by atoms with Crippen LogP contribution >= 0.6 is 0 Å². The first-order chi connectivity index (χ1) is 7.69. The molecule has 0 unspecified atom stereocenters. The lowest BCUT2D eigenvalue weighted by molar-refractivity contribution is -0.141. The number of aliphatic hydroxyl groups excluding tert-OH is 2. The first kappa shape index (κ1) is 11.2. The van der Waals surface area contributed by atoms with Gasteiger partial charge in [-0.05, 0) is 12.0 Å². The fourth-order valence-corrected chi connectivity index (χ4v) is 2.32. The molecule has 1 heterocycles. The van der Waals surface area contributed by atoms with Gasteiger partial charge in [0.1, 0.15) is 0 Å². The number of hydrogen-bond acceptors (Lipinski definition) is 5. The van der Waals surface area contributed by atoms with Crippen molar-refractivity contribution in [2.24, 2.45) is 11.8 Å². The molecule has 0 amide bonds. The van der Waals surface area contributed by atoms with Gasteiger partial charge in [-0.1, -0.05) is 6.08 Å². The molecule has 0 saturated heterocycles. The third-order valence-corrected chi connectivity index (χ3v) is 3.14. The molecule has 3 atom stereocenters. The first-order valence-electron chi connectivity index (χ1n) is 5.10. The summed E-state index contributed by atoms with van der Waals surface area (Å²) in [4.78, 5) is 11.5. The topological polar surface area (TPSA) is 76.0 Å². The molecule has 88 valence electrons. The fourth-order valence-electron chi connectivity index (χ4n) is 2.32. The van der Waals surface area contributed by atoms with E-state index in [1.807, 2.05) is 6.08 Å². The van der Waals surface area contributed by atoms with E-state index < -0.39 is 12.3 Å². The van der Waals surface area contributed by atoms with Gasteiger partial charge in [0.05, 0.1) is 31.5 Å². The highest BCUT2D eigenvalue weighted by Gasteiger charge is 2.43. The third-order valence-electron chi connectivity index (χ3n) is 3.14. The predicted molar refractivity (Wildman–Crippen MR) is 54.0 cm³/mol. The Kier molecular flexibility index (Phi) is 2.98. The van der Waals surface area contributed by atoms with Gasteiger partial charge >= 0.3 is 5.97 Å². The Morgan fingerprint density at radius 1 is 1.69 bits per heavy atom. The number of methoxy groups -OCH3 is 1. The highest BCUT2D eigenvalue weighted by molar-refractivity contribution is 5.89. The molecule has 2 rings (SSSR count). The van der Waals surface area contributed by atoms with Crippen LogP contribution in [-0.2, 0) is 14.3 Å². The Morgan fingerprint density at radius 2 is 2.44 bits per heavy atom. The van der Waals surface area contributed by atoms with E-state index >= 15 is 0 Å². The average Bonchev–Trinajstić information content (AvgIpc) is 2.73. The minimum Gasteiger partial charge on any atom is -0.472 e. The lowest BCUT2D eigenvalue weighted by atomic mass is 9.83. The summed E-state index contributed by atoms with van der Waals surface area (Å²) in [5.41, 5.74) is 1.13. The summed E-state index contributed by atoms with van der Waals surface area (Å²) in [7, 11) is 1.30. The van der Waals surface area contributed by atoms with Crippen LogP contribution < -0.4 is 0 Å². The molecule has 0 aromatic carbocycles. The summed E-state index contributed by atoms with van der Waals surface area (Å²) in [6, 6.07) is 0.